The first kappa shape index (κ1) is 39.2. The summed E-state index contributed by atoms with van der Waals surface area (Å²) >= 11 is 0. The van der Waals surface area contributed by atoms with E-state index in [2.05, 4.69) is 22.5 Å². The Bertz CT molecular complexity index is 1670. The minimum Gasteiger partial charge on any atom is -0.481 e. The van der Waals surface area contributed by atoms with Crippen LogP contribution < -0.4 is 21.7 Å². The molecule has 0 saturated heterocycles. The minimum atomic E-state index is -4.54. The second-order valence-electron chi connectivity index (χ2n) is 12.7. The maximum Gasteiger partial charge on any atom is 0.416 e. The van der Waals surface area contributed by atoms with Gasteiger partial charge < -0.3 is 26.8 Å². The van der Waals surface area contributed by atoms with Gasteiger partial charge in [-0.05, 0) is 73.2 Å². The number of carboxylic acid groups (broad SMARTS) is 1. The van der Waals surface area contributed by atoms with Crippen LogP contribution in [0.2, 0.25) is 0 Å². The lowest BCUT2D eigenvalue weighted by Crippen LogP contribution is -2.53. The van der Waals surface area contributed by atoms with Gasteiger partial charge in [-0.2, -0.15) is 13.2 Å². The molecule has 0 spiro atoms. The molecule has 9 nitrogen and oxygen atoms in total. The van der Waals surface area contributed by atoms with E-state index in [1.807, 2.05) is 0 Å². The minimum absolute atomic E-state index is 0.0126. The highest BCUT2D eigenvalue weighted by molar-refractivity contribution is 5.91. The monoisotopic (exact) mass is 698 g/mol. The number of halogens is 4. The summed E-state index contributed by atoms with van der Waals surface area (Å²) in [5.74, 6) is -3.38. The Morgan fingerprint density at radius 2 is 1.36 bits per heavy atom. The van der Waals surface area contributed by atoms with Gasteiger partial charge in [0.15, 0.2) is 0 Å². The standard InChI is InChI=1S/C37H42F4N4O5/c1-22(35(49)50)18-24-11-15-29(16-12-24)44-32(46)17-8-23(2)43-31(21-26-6-5-7-28(19-26)36(3,4)38)34(48)45-30(33(42)47)20-25-9-13-27(14-10-25)37(39,40)41/h5-7,9-16,19,22,30-31,43H,2,8,17-18,20-21H2,1,3-4H3,(H2,42,47)(H,44,46)(H,45,48)(H,49,50)/t22-,30-,31+/m0/s1. The Balaban J connectivity index is 1.70. The first-order valence-corrected chi connectivity index (χ1v) is 15.9. The van der Waals surface area contributed by atoms with E-state index in [1.165, 1.54) is 26.0 Å². The van der Waals surface area contributed by atoms with Crippen molar-refractivity contribution in [3.63, 3.8) is 0 Å². The average molecular weight is 699 g/mol. The van der Waals surface area contributed by atoms with Crippen molar-refractivity contribution in [1.29, 1.82) is 0 Å². The number of hydrogen-bond donors (Lipinski definition) is 5. The number of rotatable bonds is 17. The van der Waals surface area contributed by atoms with Crippen molar-refractivity contribution in [2.75, 3.05) is 5.32 Å². The first-order chi connectivity index (χ1) is 23.3. The number of nitrogens with two attached hydrogens (primary N) is 1. The first-order valence-electron chi connectivity index (χ1n) is 15.9. The van der Waals surface area contributed by atoms with Crippen LogP contribution in [0.4, 0.5) is 23.2 Å². The highest BCUT2D eigenvalue weighted by atomic mass is 19.4. The number of anilines is 1. The molecule has 0 heterocycles. The van der Waals surface area contributed by atoms with Gasteiger partial charge in [-0.1, -0.05) is 62.0 Å². The van der Waals surface area contributed by atoms with Crippen LogP contribution in [-0.4, -0.2) is 40.9 Å². The second-order valence-corrected chi connectivity index (χ2v) is 12.7. The molecule has 50 heavy (non-hydrogen) atoms. The third kappa shape index (κ3) is 12.4. The molecule has 6 N–H and O–H groups in total. The number of alkyl halides is 4. The topological polar surface area (TPSA) is 151 Å². The third-order valence-corrected chi connectivity index (χ3v) is 7.98. The van der Waals surface area contributed by atoms with Crippen LogP contribution in [0.5, 0.6) is 0 Å². The maximum atomic E-state index is 14.7. The van der Waals surface area contributed by atoms with Gasteiger partial charge in [0.05, 0.1) is 11.5 Å². The molecular weight excluding hydrogens is 656 g/mol. The fraction of sp³-hybridized carbons (Fsp3) is 0.351. The Labute approximate surface area is 288 Å². The van der Waals surface area contributed by atoms with Crippen molar-refractivity contribution in [1.82, 2.24) is 10.6 Å². The van der Waals surface area contributed by atoms with E-state index in [4.69, 9.17) is 10.8 Å². The average Bonchev–Trinajstić information content (AvgIpc) is 3.03. The largest absolute Gasteiger partial charge is 0.481 e. The van der Waals surface area contributed by atoms with Crippen LogP contribution in [-0.2, 0) is 50.3 Å². The van der Waals surface area contributed by atoms with Crippen LogP contribution in [0, 0.1) is 5.92 Å². The van der Waals surface area contributed by atoms with E-state index in [1.54, 1.807) is 55.5 Å². The summed E-state index contributed by atoms with van der Waals surface area (Å²) in [6, 6.07) is 15.2. The molecule has 13 heteroatoms. The number of carbonyl (C=O) groups excluding carboxylic acids is 3. The van der Waals surface area contributed by atoms with Crippen LogP contribution in [0.25, 0.3) is 0 Å². The summed E-state index contributed by atoms with van der Waals surface area (Å²) in [6.45, 7) is 8.36. The van der Waals surface area contributed by atoms with Gasteiger partial charge in [0, 0.05) is 30.6 Å². The Kier molecular flexibility index (Phi) is 13.3. The number of hydrogen-bond acceptors (Lipinski definition) is 5. The molecule has 0 unspecified atom stereocenters. The molecule has 0 aliphatic rings. The number of amides is 3. The second kappa shape index (κ2) is 17.0. The van der Waals surface area contributed by atoms with E-state index in [-0.39, 0.29) is 31.6 Å². The molecule has 0 bridgehead atoms. The van der Waals surface area contributed by atoms with Gasteiger partial charge in [0.25, 0.3) is 0 Å². The van der Waals surface area contributed by atoms with Gasteiger partial charge in [-0.3, -0.25) is 19.2 Å². The molecule has 0 aliphatic heterocycles. The van der Waals surface area contributed by atoms with Gasteiger partial charge in [-0.15, -0.1) is 0 Å². The van der Waals surface area contributed by atoms with E-state index in [0.717, 1.165) is 17.7 Å². The normalized spacial score (nSPS) is 13.4. The Hall–Kier alpha value is -5.20. The van der Waals surface area contributed by atoms with Crippen LogP contribution in [0.1, 0.15) is 61.4 Å². The molecule has 0 saturated carbocycles. The molecule has 3 aromatic carbocycles. The van der Waals surface area contributed by atoms with E-state index in [9.17, 15) is 36.7 Å². The lowest BCUT2D eigenvalue weighted by Gasteiger charge is -2.24. The smallest absolute Gasteiger partial charge is 0.416 e. The number of primary amides is 1. The number of allylic oxidation sites excluding steroid dienone is 1. The summed E-state index contributed by atoms with van der Waals surface area (Å²) in [6.07, 6.45) is -4.23. The molecule has 0 aromatic heterocycles. The van der Waals surface area contributed by atoms with Crippen LogP contribution in [0.15, 0.2) is 85.1 Å². The highest BCUT2D eigenvalue weighted by Crippen LogP contribution is 2.29. The summed E-state index contributed by atoms with van der Waals surface area (Å²) in [5.41, 5.74) is 5.98. The van der Waals surface area contributed by atoms with Gasteiger partial charge in [0.2, 0.25) is 17.7 Å². The molecule has 3 atom stereocenters. The van der Waals surface area contributed by atoms with Crippen molar-refractivity contribution in [3.05, 3.63) is 113 Å². The SMILES string of the molecule is C=C(CCC(=O)Nc1ccc(C[C@H](C)C(=O)O)cc1)N[C@H](Cc1cccc(C(C)(C)F)c1)C(=O)N[C@@H](Cc1ccc(C(F)(F)F)cc1)C(N)=O. The number of aliphatic carboxylic acids is 1. The van der Waals surface area contributed by atoms with Crippen LogP contribution in [0.3, 0.4) is 0 Å². The van der Waals surface area contributed by atoms with Crippen LogP contribution >= 0.6 is 0 Å². The Morgan fingerprint density at radius 3 is 1.92 bits per heavy atom. The van der Waals surface area contributed by atoms with Gasteiger partial charge in [-0.25, -0.2) is 4.39 Å². The fourth-order valence-electron chi connectivity index (χ4n) is 5.05. The quantitative estimate of drug-likeness (QED) is 0.112. The number of carbonyl (C=O) groups is 4. The van der Waals surface area contributed by atoms with Crippen molar-refractivity contribution in [2.24, 2.45) is 11.7 Å². The zero-order valence-electron chi connectivity index (χ0n) is 28.1. The molecule has 0 aliphatic carbocycles. The van der Waals surface area contributed by atoms with Crippen molar-refractivity contribution in [2.45, 2.75) is 76.8 Å². The zero-order chi connectivity index (χ0) is 37.2. The van der Waals surface area contributed by atoms with Gasteiger partial charge in [0.1, 0.15) is 17.8 Å². The van der Waals surface area contributed by atoms with Crippen molar-refractivity contribution < 1.29 is 41.8 Å². The molecule has 0 fully saturated rings. The van der Waals surface area contributed by atoms with E-state index in [0.29, 0.717) is 34.5 Å². The molecule has 3 amide bonds. The van der Waals surface area contributed by atoms with E-state index >= 15 is 0 Å². The lowest BCUT2D eigenvalue weighted by atomic mass is 9.95. The summed E-state index contributed by atoms with van der Waals surface area (Å²) in [7, 11) is 0. The summed E-state index contributed by atoms with van der Waals surface area (Å²) in [4.78, 5) is 49.7. The number of benzene rings is 3. The van der Waals surface area contributed by atoms with Gasteiger partial charge >= 0.3 is 12.1 Å². The maximum absolute atomic E-state index is 14.7. The number of nitrogens with one attached hydrogen (secondary N) is 3. The summed E-state index contributed by atoms with van der Waals surface area (Å²) < 4.78 is 53.7. The zero-order valence-corrected chi connectivity index (χ0v) is 28.1. The molecule has 0 radical (unpaired) electrons. The lowest BCUT2D eigenvalue weighted by molar-refractivity contribution is -0.141. The predicted octanol–water partition coefficient (Wildman–Crippen LogP) is 5.82. The Morgan fingerprint density at radius 1 is 0.780 bits per heavy atom. The number of carboxylic acids is 1. The predicted molar refractivity (Wildman–Crippen MR) is 181 cm³/mol. The molecular formula is C37H42F4N4O5. The molecule has 3 rings (SSSR count). The molecule has 3 aromatic rings. The highest BCUT2D eigenvalue weighted by Gasteiger charge is 2.31. The van der Waals surface area contributed by atoms with Crippen molar-refractivity contribution in [3.8, 4) is 0 Å². The third-order valence-electron chi connectivity index (χ3n) is 7.98. The van der Waals surface area contributed by atoms with E-state index < -0.39 is 53.2 Å². The fourth-order valence-corrected chi connectivity index (χ4v) is 5.05. The summed E-state index contributed by atoms with van der Waals surface area (Å²) in [5, 5.41) is 17.4. The molecule has 268 valence electrons. The van der Waals surface area contributed by atoms with Crippen molar-refractivity contribution >= 4 is 29.4 Å².